The Hall–Kier alpha value is -1.72. The Labute approximate surface area is 93.1 Å². The van der Waals surface area contributed by atoms with E-state index in [2.05, 4.69) is 25.6 Å². The Morgan fingerprint density at radius 3 is 3.06 bits per heavy atom. The molecule has 1 aliphatic rings. The maximum atomic E-state index is 4.25. The van der Waals surface area contributed by atoms with Crippen LogP contribution >= 0.6 is 0 Å². The number of nitrogens with zero attached hydrogens (tertiary/aromatic N) is 5. The lowest BCUT2D eigenvalue weighted by atomic mass is 10.4. The molecule has 0 spiro atoms. The zero-order valence-electron chi connectivity index (χ0n) is 9.22. The maximum Gasteiger partial charge on any atom is 0.183 e. The fraction of sp³-hybridized carbons (Fsp3) is 0.600. The first kappa shape index (κ1) is 9.50. The first-order chi connectivity index (χ1) is 7.88. The van der Waals surface area contributed by atoms with Crippen LogP contribution in [0.5, 0.6) is 0 Å². The molecule has 6 heteroatoms. The van der Waals surface area contributed by atoms with E-state index < -0.39 is 0 Å². The molecule has 1 saturated carbocycles. The van der Waals surface area contributed by atoms with Gasteiger partial charge in [-0.2, -0.15) is 0 Å². The van der Waals surface area contributed by atoms with Crippen molar-refractivity contribution in [3.8, 4) is 0 Å². The molecule has 2 aromatic heterocycles. The van der Waals surface area contributed by atoms with Crippen molar-refractivity contribution >= 4 is 17.0 Å². The van der Waals surface area contributed by atoms with E-state index in [9.17, 15) is 0 Å². The van der Waals surface area contributed by atoms with E-state index in [0.717, 1.165) is 36.0 Å². The summed E-state index contributed by atoms with van der Waals surface area (Å²) in [5.41, 5.74) is 1.60. The Kier molecular flexibility index (Phi) is 2.19. The molecule has 0 unspecified atom stereocenters. The van der Waals surface area contributed by atoms with E-state index in [1.807, 2.05) is 11.6 Å². The lowest BCUT2D eigenvalue weighted by Gasteiger charge is -2.02. The molecule has 0 aromatic carbocycles. The molecule has 1 fully saturated rings. The van der Waals surface area contributed by atoms with E-state index in [-0.39, 0.29) is 0 Å². The van der Waals surface area contributed by atoms with E-state index in [0.29, 0.717) is 0 Å². The summed E-state index contributed by atoms with van der Waals surface area (Å²) in [4.78, 5) is 8.42. The van der Waals surface area contributed by atoms with Crippen LogP contribution in [0.3, 0.4) is 0 Å². The summed E-state index contributed by atoms with van der Waals surface area (Å²) in [5, 5.41) is 11.5. The van der Waals surface area contributed by atoms with Crippen molar-refractivity contribution < 1.29 is 0 Å². The molecule has 2 aromatic rings. The predicted octanol–water partition coefficient (Wildman–Crippen LogP) is 1.06. The molecule has 2 heterocycles. The van der Waals surface area contributed by atoms with Crippen molar-refractivity contribution in [3.05, 3.63) is 6.33 Å². The van der Waals surface area contributed by atoms with Gasteiger partial charge in [0, 0.05) is 13.1 Å². The number of nitrogens with one attached hydrogen (secondary N) is 1. The van der Waals surface area contributed by atoms with Crippen molar-refractivity contribution in [2.75, 3.05) is 11.9 Å². The molecular weight excluding hydrogens is 204 g/mol. The zero-order chi connectivity index (χ0) is 11.0. The van der Waals surface area contributed by atoms with Gasteiger partial charge < -0.3 is 5.32 Å². The fourth-order valence-corrected chi connectivity index (χ4v) is 1.76. The third-order valence-electron chi connectivity index (χ3n) is 2.77. The van der Waals surface area contributed by atoms with Crippen molar-refractivity contribution in [2.45, 2.75) is 26.3 Å². The summed E-state index contributed by atoms with van der Waals surface area (Å²) in [6.07, 6.45) is 4.16. The number of hydrogen-bond donors (Lipinski definition) is 1. The molecule has 6 nitrogen and oxygen atoms in total. The van der Waals surface area contributed by atoms with Crippen LogP contribution in [0.1, 0.15) is 19.8 Å². The average Bonchev–Trinajstić information content (AvgIpc) is 3.01. The molecule has 1 aliphatic carbocycles. The largest absolute Gasteiger partial charge is 0.368 e. The minimum absolute atomic E-state index is 0.766. The van der Waals surface area contributed by atoms with Gasteiger partial charge in [-0.1, -0.05) is 5.21 Å². The second-order valence-corrected chi connectivity index (χ2v) is 4.14. The van der Waals surface area contributed by atoms with Gasteiger partial charge in [0.1, 0.15) is 6.33 Å². The van der Waals surface area contributed by atoms with E-state index in [1.54, 1.807) is 6.33 Å². The molecule has 0 aliphatic heterocycles. The van der Waals surface area contributed by atoms with Crippen LogP contribution in [0, 0.1) is 5.92 Å². The van der Waals surface area contributed by atoms with Gasteiger partial charge >= 0.3 is 0 Å². The molecule has 3 rings (SSSR count). The summed E-state index contributed by atoms with van der Waals surface area (Å²) in [6.45, 7) is 3.78. The monoisotopic (exact) mass is 218 g/mol. The summed E-state index contributed by atoms with van der Waals surface area (Å²) in [5.74, 6) is 1.54. The Morgan fingerprint density at radius 1 is 1.44 bits per heavy atom. The van der Waals surface area contributed by atoms with Gasteiger partial charge in [0.05, 0.1) is 0 Å². The van der Waals surface area contributed by atoms with Crippen LogP contribution in [0.4, 0.5) is 5.82 Å². The van der Waals surface area contributed by atoms with Gasteiger partial charge in [0.25, 0.3) is 0 Å². The summed E-state index contributed by atoms with van der Waals surface area (Å²) in [6, 6.07) is 0. The van der Waals surface area contributed by atoms with Crippen molar-refractivity contribution in [3.63, 3.8) is 0 Å². The lowest BCUT2D eigenvalue weighted by molar-refractivity contribution is 0.555. The normalized spacial score (nSPS) is 15.6. The standard InChI is InChI=1S/C10H14N6/c1-2-11-9-8-10(13-6-12-9)16(15-14-8)5-7-3-4-7/h6-7H,2-5H2,1H3,(H,11,12,13). The number of hydrogen-bond acceptors (Lipinski definition) is 5. The molecule has 0 atom stereocenters. The molecule has 0 amide bonds. The fourth-order valence-electron chi connectivity index (χ4n) is 1.76. The van der Waals surface area contributed by atoms with E-state index in [1.165, 1.54) is 12.8 Å². The minimum Gasteiger partial charge on any atom is -0.368 e. The summed E-state index contributed by atoms with van der Waals surface area (Å²) in [7, 11) is 0. The molecule has 16 heavy (non-hydrogen) atoms. The number of fused-ring (bicyclic) bond motifs is 1. The molecule has 0 bridgehead atoms. The first-order valence-corrected chi connectivity index (χ1v) is 5.66. The van der Waals surface area contributed by atoms with Crippen LogP contribution in [-0.4, -0.2) is 31.5 Å². The SMILES string of the molecule is CCNc1ncnc2c1nnn2CC1CC1. The highest BCUT2D eigenvalue weighted by Crippen LogP contribution is 2.31. The second kappa shape index (κ2) is 3.70. The van der Waals surface area contributed by atoms with Gasteiger partial charge in [0.15, 0.2) is 17.0 Å². The van der Waals surface area contributed by atoms with Gasteiger partial charge in [-0.05, 0) is 25.7 Å². The summed E-state index contributed by atoms with van der Waals surface area (Å²) < 4.78 is 1.88. The smallest absolute Gasteiger partial charge is 0.183 e. The molecule has 84 valence electrons. The van der Waals surface area contributed by atoms with Crippen LogP contribution in [0.15, 0.2) is 6.33 Å². The molecule has 1 N–H and O–H groups in total. The van der Waals surface area contributed by atoms with E-state index >= 15 is 0 Å². The molecule has 0 radical (unpaired) electrons. The lowest BCUT2D eigenvalue weighted by Crippen LogP contribution is -2.04. The van der Waals surface area contributed by atoms with Gasteiger partial charge in [-0.25, -0.2) is 14.6 Å². The Morgan fingerprint density at radius 2 is 2.31 bits per heavy atom. The molecular formula is C10H14N6. The number of rotatable bonds is 4. The van der Waals surface area contributed by atoms with Gasteiger partial charge in [0.2, 0.25) is 0 Å². The predicted molar refractivity (Wildman–Crippen MR) is 60.0 cm³/mol. The number of anilines is 1. The highest BCUT2D eigenvalue weighted by Gasteiger charge is 2.23. The Balaban J connectivity index is 2.01. The third-order valence-corrected chi connectivity index (χ3v) is 2.77. The van der Waals surface area contributed by atoms with Gasteiger partial charge in [-0.15, -0.1) is 5.10 Å². The van der Waals surface area contributed by atoms with Crippen molar-refractivity contribution in [1.82, 2.24) is 25.0 Å². The third kappa shape index (κ3) is 1.60. The van der Waals surface area contributed by atoms with Crippen LogP contribution in [-0.2, 0) is 6.54 Å². The average molecular weight is 218 g/mol. The maximum absolute atomic E-state index is 4.25. The first-order valence-electron chi connectivity index (χ1n) is 5.66. The quantitative estimate of drug-likeness (QED) is 0.831. The topological polar surface area (TPSA) is 68.5 Å². The number of aromatic nitrogens is 5. The van der Waals surface area contributed by atoms with Crippen molar-refractivity contribution in [1.29, 1.82) is 0 Å². The highest BCUT2D eigenvalue weighted by atomic mass is 15.4. The van der Waals surface area contributed by atoms with Crippen LogP contribution in [0.25, 0.3) is 11.2 Å². The van der Waals surface area contributed by atoms with E-state index in [4.69, 9.17) is 0 Å². The Bertz CT molecular complexity index is 501. The second-order valence-electron chi connectivity index (χ2n) is 4.14. The van der Waals surface area contributed by atoms with Crippen LogP contribution in [0.2, 0.25) is 0 Å². The van der Waals surface area contributed by atoms with Crippen LogP contribution < -0.4 is 5.32 Å². The zero-order valence-corrected chi connectivity index (χ0v) is 9.22. The summed E-state index contributed by atoms with van der Waals surface area (Å²) >= 11 is 0. The minimum atomic E-state index is 0.766. The molecule has 0 saturated heterocycles. The van der Waals surface area contributed by atoms with Gasteiger partial charge in [-0.3, -0.25) is 0 Å². The highest BCUT2D eigenvalue weighted by molar-refractivity contribution is 5.81. The van der Waals surface area contributed by atoms with Crippen molar-refractivity contribution in [2.24, 2.45) is 5.92 Å².